The third-order valence-corrected chi connectivity index (χ3v) is 6.01. The maximum Gasteiger partial charge on any atom is 0.251 e. The smallest absolute Gasteiger partial charge is 0.251 e. The Balaban J connectivity index is 1.69. The minimum atomic E-state index is -0.498. The van der Waals surface area contributed by atoms with E-state index in [1.807, 2.05) is 60.0 Å². The van der Waals surface area contributed by atoms with Gasteiger partial charge in [-0.1, -0.05) is 18.2 Å². The maximum atomic E-state index is 11.9. The average molecular weight is 454 g/mol. The number of fused-ring (bicyclic) bond motifs is 1. The Morgan fingerprint density at radius 1 is 1.00 bits per heavy atom. The Kier molecular flexibility index (Phi) is 5.42. The molecule has 2 aromatic carbocycles. The summed E-state index contributed by atoms with van der Waals surface area (Å²) in [7, 11) is 1.65. The summed E-state index contributed by atoms with van der Waals surface area (Å²) in [5.41, 5.74) is 9.51. The number of primary amides is 1. The minimum Gasteiger partial charge on any atom is -0.497 e. The van der Waals surface area contributed by atoms with Crippen molar-refractivity contribution in [3.8, 4) is 28.3 Å². The second-order valence-electron chi connectivity index (χ2n) is 7.25. The van der Waals surface area contributed by atoms with Crippen LogP contribution in [0.1, 0.15) is 10.4 Å². The highest BCUT2D eigenvalue weighted by atomic mass is 32.1. The first kappa shape index (κ1) is 20.6. The molecule has 0 saturated carbocycles. The van der Waals surface area contributed by atoms with E-state index < -0.39 is 5.91 Å². The van der Waals surface area contributed by atoms with Gasteiger partial charge in [0, 0.05) is 23.3 Å². The first-order valence-corrected chi connectivity index (χ1v) is 11.0. The number of anilines is 2. The lowest BCUT2D eigenvalue weighted by molar-refractivity contribution is 0.100. The number of benzene rings is 2. The van der Waals surface area contributed by atoms with Crippen LogP contribution in [0.2, 0.25) is 0 Å². The van der Waals surface area contributed by atoms with Crippen LogP contribution in [0.15, 0.2) is 78.4 Å². The molecule has 0 unspecified atom stereocenters. The number of nitrogens with one attached hydrogen (secondary N) is 1. The van der Waals surface area contributed by atoms with Gasteiger partial charge in [-0.3, -0.25) is 9.78 Å². The number of pyridine rings is 1. The van der Waals surface area contributed by atoms with Gasteiger partial charge in [0.2, 0.25) is 0 Å². The van der Waals surface area contributed by atoms with Crippen molar-refractivity contribution in [2.24, 2.45) is 5.73 Å². The lowest BCUT2D eigenvalue weighted by Gasteiger charge is -2.12. The van der Waals surface area contributed by atoms with Crippen LogP contribution >= 0.6 is 11.3 Å². The third kappa shape index (κ3) is 4.11. The molecule has 162 valence electrons. The number of amides is 1. The highest BCUT2D eigenvalue weighted by Gasteiger charge is 2.15. The number of carbonyl (C=O) groups is 1. The molecule has 0 saturated heterocycles. The average Bonchev–Trinajstić information content (AvgIpc) is 3.33. The summed E-state index contributed by atoms with van der Waals surface area (Å²) >= 11 is 1.39. The van der Waals surface area contributed by atoms with Crippen molar-refractivity contribution in [3.63, 3.8) is 0 Å². The van der Waals surface area contributed by atoms with Gasteiger partial charge in [0.15, 0.2) is 5.82 Å². The summed E-state index contributed by atoms with van der Waals surface area (Å²) in [6.07, 6.45) is 3.42. The normalized spacial score (nSPS) is 10.8. The van der Waals surface area contributed by atoms with Gasteiger partial charge in [0.05, 0.1) is 18.2 Å². The quantitative estimate of drug-likeness (QED) is 0.363. The molecule has 0 spiro atoms. The van der Waals surface area contributed by atoms with E-state index in [1.54, 1.807) is 25.6 Å². The first-order valence-electron chi connectivity index (χ1n) is 10.1. The zero-order valence-electron chi connectivity index (χ0n) is 17.6. The van der Waals surface area contributed by atoms with E-state index in [1.165, 1.54) is 11.3 Å². The summed E-state index contributed by atoms with van der Waals surface area (Å²) in [5, 5.41) is 6.57. The summed E-state index contributed by atoms with van der Waals surface area (Å²) in [6.45, 7) is 0. The first-order chi connectivity index (χ1) is 16.1. The van der Waals surface area contributed by atoms with Crippen molar-refractivity contribution in [1.29, 1.82) is 0 Å². The predicted octanol–water partition coefficient (Wildman–Crippen LogP) is 5.27. The monoisotopic (exact) mass is 453 g/mol. The fourth-order valence-electron chi connectivity index (χ4n) is 3.54. The van der Waals surface area contributed by atoms with Crippen LogP contribution in [0, 0.1) is 0 Å². The molecule has 3 N–H and O–H groups in total. The van der Waals surface area contributed by atoms with Crippen molar-refractivity contribution in [3.05, 3.63) is 84.0 Å². The van der Waals surface area contributed by atoms with Gasteiger partial charge in [-0.25, -0.2) is 9.97 Å². The highest BCUT2D eigenvalue weighted by molar-refractivity contribution is 7.14. The number of hydrogen-bond acceptors (Lipinski definition) is 7. The van der Waals surface area contributed by atoms with Gasteiger partial charge in [-0.2, -0.15) is 0 Å². The van der Waals surface area contributed by atoms with E-state index in [2.05, 4.69) is 10.3 Å². The Bertz CT molecular complexity index is 1470. The molecule has 0 fully saturated rings. The minimum absolute atomic E-state index is 0.415. The van der Waals surface area contributed by atoms with Gasteiger partial charge in [-0.15, -0.1) is 11.3 Å². The molecule has 7 nitrogen and oxygen atoms in total. The molecular weight excluding hydrogens is 434 g/mol. The number of aromatic nitrogens is 3. The number of ether oxygens (including phenoxy) is 1. The van der Waals surface area contributed by atoms with E-state index >= 15 is 0 Å². The van der Waals surface area contributed by atoms with E-state index in [0.29, 0.717) is 22.2 Å². The molecule has 3 aromatic heterocycles. The second kappa shape index (κ2) is 8.68. The fraction of sp³-hybridized carbons (Fsp3) is 0.0400. The van der Waals surface area contributed by atoms with Crippen LogP contribution in [0.25, 0.3) is 33.4 Å². The number of carbonyl (C=O) groups excluding carboxylic acids is 1. The molecule has 0 atom stereocenters. The zero-order valence-corrected chi connectivity index (χ0v) is 18.5. The largest absolute Gasteiger partial charge is 0.497 e. The van der Waals surface area contributed by atoms with Gasteiger partial charge >= 0.3 is 0 Å². The van der Waals surface area contributed by atoms with E-state index in [0.717, 1.165) is 33.3 Å². The van der Waals surface area contributed by atoms with E-state index in [-0.39, 0.29) is 0 Å². The summed E-state index contributed by atoms with van der Waals surface area (Å²) < 4.78 is 5.37. The van der Waals surface area contributed by atoms with Crippen LogP contribution in [0.3, 0.4) is 0 Å². The molecule has 0 bridgehead atoms. The summed E-state index contributed by atoms with van der Waals surface area (Å²) in [6, 6.07) is 19.3. The summed E-state index contributed by atoms with van der Waals surface area (Å²) in [5.74, 6) is 1.39. The highest BCUT2D eigenvalue weighted by Crippen LogP contribution is 2.34. The third-order valence-electron chi connectivity index (χ3n) is 5.18. The molecule has 3 heterocycles. The molecule has 0 aliphatic heterocycles. The molecule has 5 aromatic rings. The number of methoxy groups -OCH3 is 1. The Hall–Kier alpha value is -4.30. The second-order valence-corrected chi connectivity index (χ2v) is 8.17. The van der Waals surface area contributed by atoms with Gasteiger partial charge in [0.25, 0.3) is 5.91 Å². The van der Waals surface area contributed by atoms with Crippen molar-refractivity contribution in [1.82, 2.24) is 15.0 Å². The van der Waals surface area contributed by atoms with Crippen molar-refractivity contribution in [2.75, 3.05) is 12.4 Å². The molecule has 0 radical (unpaired) electrons. The van der Waals surface area contributed by atoms with E-state index in [9.17, 15) is 4.79 Å². The summed E-state index contributed by atoms with van der Waals surface area (Å²) in [4.78, 5) is 25.6. The van der Waals surface area contributed by atoms with Crippen LogP contribution in [-0.2, 0) is 0 Å². The number of nitrogens with zero attached hydrogens (tertiary/aromatic N) is 3. The maximum absolute atomic E-state index is 11.9. The Morgan fingerprint density at radius 3 is 2.64 bits per heavy atom. The molecule has 33 heavy (non-hydrogen) atoms. The van der Waals surface area contributed by atoms with Gasteiger partial charge in [0.1, 0.15) is 16.6 Å². The van der Waals surface area contributed by atoms with Crippen LogP contribution < -0.4 is 15.8 Å². The number of thiophene rings is 1. The van der Waals surface area contributed by atoms with Crippen molar-refractivity contribution < 1.29 is 9.53 Å². The van der Waals surface area contributed by atoms with Crippen molar-refractivity contribution in [2.45, 2.75) is 0 Å². The lowest BCUT2D eigenvalue weighted by Crippen LogP contribution is -2.11. The standard InChI is InChI=1S/C25H19N5O2S/c1-32-18-6-2-4-15(12-18)16-7-8-21-20(13-16)24(30-25-19(22(26)31)9-11-33-25)29-23(28-21)17-5-3-10-27-14-17/h2-14H,1H3,(H2,26,31)(H,28,29,30). The SMILES string of the molecule is COc1cccc(-c2ccc3nc(-c4cccnc4)nc(Nc4sccc4C(N)=O)c3c2)c1. The molecule has 0 aliphatic rings. The van der Waals surface area contributed by atoms with Crippen LogP contribution in [-0.4, -0.2) is 28.0 Å². The molecule has 8 heteroatoms. The molecular formula is C25H19N5O2S. The van der Waals surface area contributed by atoms with Gasteiger partial charge in [-0.05, 0) is 59.0 Å². The van der Waals surface area contributed by atoms with Crippen molar-refractivity contribution >= 4 is 39.0 Å². The lowest BCUT2D eigenvalue weighted by atomic mass is 10.0. The molecule has 0 aliphatic carbocycles. The molecule has 5 rings (SSSR count). The fourth-order valence-corrected chi connectivity index (χ4v) is 4.33. The Labute approximate surface area is 193 Å². The Morgan fingerprint density at radius 2 is 1.85 bits per heavy atom. The predicted molar refractivity (Wildman–Crippen MR) is 131 cm³/mol. The zero-order chi connectivity index (χ0) is 22.8. The number of hydrogen-bond donors (Lipinski definition) is 2. The number of nitrogens with two attached hydrogens (primary N) is 1. The van der Waals surface area contributed by atoms with Crippen LogP contribution in [0.4, 0.5) is 10.8 Å². The van der Waals surface area contributed by atoms with Crippen LogP contribution in [0.5, 0.6) is 5.75 Å². The number of rotatable bonds is 6. The molecule has 1 amide bonds. The topological polar surface area (TPSA) is 103 Å². The van der Waals surface area contributed by atoms with E-state index in [4.69, 9.17) is 20.4 Å². The van der Waals surface area contributed by atoms with Gasteiger partial charge < -0.3 is 15.8 Å².